The van der Waals surface area contributed by atoms with Crippen LogP contribution in [0.1, 0.15) is 11.3 Å². The van der Waals surface area contributed by atoms with Crippen LogP contribution in [0.2, 0.25) is 0 Å². The number of nitrogens with zero attached hydrogens (tertiary/aromatic N) is 2. The highest BCUT2D eigenvalue weighted by Gasteiger charge is 2.11. The van der Waals surface area contributed by atoms with Crippen molar-refractivity contribution in [1.82, 2.24) is 9.88 Å². The maximum absolute atomic E-state index is 12.1. The molecule has 6 heteroatoms. The molecule has 3 aromatic rings. The van der Waals surface area contributed by atoms with Gasteiger partial charge in [0.1, 0.15) is 10.8 Å². The van der Waals surface area contributed by atoms with E-state index in [9.17, 15) is 4.79 Å². The normalized spacial score (nSPS) is 10.6. The number of carbonyl (C=O) groups is 1. The number of ether oxygens (including phenoxy) is 1. The van der Waals surface area contributed by atoms with Crippen molar-refractivity contribution in [2.45, 2.75) is 13.5 Å². The first-order chi connectivity index (χ1) is 11.6. The van der Waals surface area contributed by atoms with E-state index < -0.39 is 0 Å². The second kappa shape index (κ2) is 7.59. The third-order valence-electron chi connectivity index (χ3n) is 3.51. The van der Waals surface area contributed by atoms with E-state index in [1.54, 1.807) is 34.6 Å². The Kier molecular flexibility index (Phi) is 5.27. The number of amides is 1. The van der Waals surface area contributed by atoms with Gasteiger partial charge in [0, 0.05) is 30.2 Å². The minimum absolute atomic E-state index is 0.0380. The highest BCUT2D eigenvalue weighted by Crippen LogP contribution is 2.25. The molecule has 124 valence electrons. The summed E-state index contributed by atoms with van der Waals surface area (Å²) < 4.78 is 5.60. The average molecular weight is 358 g/mol. The van der Waals surface area contributed by atoms with Gasteiger partial charge in [-0.1, -0.05) is 0 Å². The summed E-state index contributed by atoms with van der Waals surface area (Å²) in [6.07, 6.45) is 0. The lowest BCUT2D eigenvalue weighted by Crippen LogP contribution is -2.30. The van der Waals surface area contributed by atoms with Crippen LogP contribution in [-0.2, 0) is 11.3 Å². The lowest BCUT2D eigenvalue weighted by Gasteiger charge is -2.16. The van der Waals surface area contributed by atoms with Crippen molar-refractivity contribution in [2.24, 2.45) is 0 Å². The number of thiazole rings is 1. The Morgan fingerprint density at radius 3 is 2.62 bits per heavy atom. The van der Waals surface area contributed by atoms with Crippen molar-refractivity contribution in [1.29, 1.82) is 0 Å². The van der Waals surface area contributed by atoms with Gasteiger partial charge in [-0.3, -0.25) is 4.79 Å². The molecule has 0 aliphatic carbocycles. The van der Waals surface area contributed by atoms with E-state index in [1.807, 2.05) is 53.4 Å². The molecule has 0 spiro atoms. The highest BCUT2D eigenvalue weighted by molar-refractivity contribution is 7.13. The lowest BCUT2D eigenvalue weighted by molar-refractivity contribution is -0.132. The number of aryl methyl sites for hydroxylation is 1. The van der Waals surface area contributed by atoms with Crippen molar-refractivity contribution in [3.8, 4) is 16.3 Å². The van der Waals surface area contributed by atoms with E-state index >= 15 is 0 Å². The smallest absolute Gasteiger partial charge is 0.260 e. The molecule has 0 bridgehead atoms. The monoisotopic (exact) mass is 358 g/mol. The fourth-order valence-electron chi connectivity index (χ4n) is 2.18. The largest absolute Gasteiger partial charge is 0.484 e. The molecule has 0 aliphatic rings. The molecule has 1 amide bonds. The second-order valence-electron chi connectivity index (χ2n) is 5.49. The summed E-state index contributed by atoms with van der Waals surface area (Å²) >= 11 is 3.25. The number of thiophene rings is 1. The van der Waals surface area contributed by atoms with Crippen LogP contribution in [-0.4, -0.2) is 29.4 Å². The van der Waals surface area contributed by atoms with Crippen LogP contribution in [0.5, 0.6) is 5.75 Å². The van der Waals surface area contributed by atoms with E-state index in [1.165, 1.54) is 0 Å². The van der Waals surface area contributed by atoms with Crippen LogP contribution in [0.15, 0.2) is 46.5 Å². The van der Waals surface area contributed by atoms with Crippen molar-refractivity contribution in [3.05, 3.63) is 57.7 Å². The van der Waals surface area contributed by atoms with E-state index in [4.69, 9.17) is 4.74 Å². The molecule has 3 rings (SSSR count). The summed E-state index contributed by atoms with van der Waals surface area (Å²) in [5.74, 6) is 0.644. The SMILES string of the molecule is Cc1csc(-c2ccc(OCC(=O)N(C)Cc3ccsc3)cc2)n1. The molecule has 0 unspecified atom stereocenters. The van der Waals surface area contributed by atoms with Crippen LogP contribution in [0.3, 0.4) is 0 Å². The first-order valence-corrected chi connectivity index (χ1v) is 9.34. The van der Waals surface area contributed by atoms with E-state index in [2.05, 4.69) is 4.98 Å². The van der Waals surface area contributed by atoms with Crippen LogP contribution in [0.25, 0.3) is 10.6 Å². The van der Waals surface area contributed by atoms with Gasteiger partial charge in [0.05, 0.1) is 0 Å². The Labute approximate surface area is 149 Å². The summed E-state index contributed by atoms with van der Waals surface area (Å²) in [4.78, 5) is 18.3. The number of rotatable bonds is 6. The van der Waals surface area contributed by atoms with Gasteiger partial charge < -0.3 is 9.64 Å². The zero-order chi connectivity index (χ0) is 16.9. The predicted octanol–water partition coefficient (Wildman–Crippen LogP) is 4.22. The molecule has 0 aliphatic heterocycles. The molecule has 0 atom stereocenters. The van der Waals surface area contributed by atoms with Gasteiger partial charge in [-0.05, 0) is 53.6 Å². The Morgan fingerprint density at radius 2 is 2.00 bits per heavy atom. The molecule has 2 heterocycles. The fraction of sp³-hybridized carbons (Fsp3) is 0.222. The molecule has 24 heavy (non-hydrogen) atoms. The zero-order valence-corrected chi connectivity index (χ0v) is 15.2. The van der Waals surface area contributed by atoms with Crippen molar-refractivity contribution in [2.75, 3.05) is 13.7 Å². The van der Waals surface area contributed by atoms with E-state index in [-0.39, 0.29) is 12.5 Å². The third-order valence-corrected chi connectivity index (χ3v) is 5.25. The van der Waals surface area contributed by atoms with Crippen LogP contribution in [0, 0.1) is 6.92 Å². The molecule has 0 N–H and O–H groups in total. The minimum atomic E-state index is -0.0409. The quantitative estimate of drug-likeness (QED) is 0.663. The average Bonchev–Trinajstić information content (AvgIpc) is 3.24. The number of aromatic nitrogens is 1. The summed E-state index contributed by atoms with van der Waals surface area (Å²) in [5, 5.41) is 7.08. The summed E-state index contributed by atoms with van der Waals surface area (Å²) in [5.41, 5.74) is 3.22. The number of carbonyl (C=O) groups excluding carboxylic acids is 1. The van der Waals surface area contributed by atoms with Crippen molar-refractivity contribution < 1.29 is 9.53 Å². The summed E-state index contributed by atoms with van der Waals surface area (Å²) in [7, 11) is 1.79. The van der Waals surface area contributed by atoms with E-state index in [0.717, 1.165) is 21.8 Å². The van der Waals surface area contributed by atoms with Gasteiger partial charge in [-0.25, -0.2) is 4.98 Å². The van der Waals surface area contributed by atoms with Crippen LogP contribution < -0.4 is 4.74 Å². The third kappa shape index (κ3) is 4.21. The fourth-order valence-corrected chi connectivity index (χ4v) is 3.64. The summed E-state index contributed by atoms with van der Waals surface area (Å²) in [6, 6.07) is 9.70. The van der Waals surface area contributed by atoms with Gasteiger partial charge in [-0.15, -0.1) is 11.3 Å². The number of hydrogen-bond acceptors (Lipinski definition) is 5. The molecule has 1 aromatic carbocycles. The Hall–Kier alpha value is -2.18. The van der Waals surface area contributed by atoms with E-state index in [0.29, 0.717) is 12.3 Å². The van der Waals surface area contributed by atoms with Gasteiger partial charge in [0.2, 0.25) is 0 Å². The molecule has 0 saturated carbocycles. The second-order valence-corrected chi connectivity index (χ2v) is 7.13. The number of hydrogen-bond donors (Lipinski definition) is 0. The van der Waals surface area contributed by atoms with Gasteiger partial charge in [0.25, 0.3) is 5.91 Å². The Balaban J connectivity index is 1.53. The predicted molar refractivity (Wildman–Crippen MR) is 98.6 cm³/mol. The highest BCUT2D eigenvalue weighted by atomic mass is 32.1. The maximum atomic E-state index is 12.1. The van der Waals surface area contributed by atoms with Gasteiger partial charge >= 0.3 is 0 Å². The van der Waals surface area contributed by atoms with Crippen LogP contribution in [0.4, 0.5) is 0 Å². The first kappa shape index (κ1) is 16.7. The molecular weight excluding hydrogens is 340 g/mol. The molecular formula is C18H18N2O2S2. The van der Waals surface area contributed by atoms with Crippen LogP contribution >= 0.6 is 22.7 Å². The zero-order valence-electron chi connectivity index (χ0n) is 13.6. The number of likely N-dealkylation sites (N-methyl/N-ethyl adjacent to an activating group) is 1. The number of benzene rings is 1. The standard InChI is InChI=1S/C18H18N2O2S2/c1-13-11-24-18(19-13)15-3-5-16(6-4-15)22-10-17(21)20(2)9-14-7-8-23-12-14/h3-8,11-12H,9-10H2,1-2H3. The lowest BCUT2D eigenvalue weighted by atomic mass is 10.2. The summed E-state index contributed by atoms with van der Waals surface area (Å²) in [6.45, 7) is 2.63. The van der Waals surface area contributed by atoms with Crippen molar-refractivity contribution >= 4 is 28.6 Å². The minimum Gasteiger partial charge on any atom is -0.484 e. The first-order valence-electron chi connectivity index (χ1n) is 7.52. The molecule has 0 saturated heterocycles. The Morgan fingerprint density at radius 1 is 1.21 bits per heavy atom. The molecule has 0 fully saturated rings. The Bertz CT molecular complexity index is 795. The maximum Gasteiger partial charge on any atom is 0.260 e. The van der Waals surface area contributed by atoms with Gasteiger partial charge in [-0.2, -0.15) is 11.3 Å². The molecule has 4 nitrogen and oxygen atoms in total. The topological polar surface area (TPSA) is 42.4 Å². The molecule has 0 radical (unpaired) electrons. The van der Waals surface area contributed by atoms with Gasteiger partial charge in [0.15, 0.2) is 6.61 Å². The van der Waals surface area contributed by atoms with Crippen molar-refractivity contribution in [3.63, 3.8) is 0 Å². The molecule has 2 aromatic heterocycles.